The summed E-state index contributed by atoms with van der Waals surface area (Å²) < 4.78 is 0. The Kier molecular flexibility index (Phi) is 3.90. The summed E-state index contributed by atoms with van der Waals surface area (Å²) >= 11 is 5.71. The molecule has 0 aliphatic heterocycles. The van der Waals surface area contributed by atoms with Crippen molar-refractivity contribution in [3.63, 3.8) is 0 Å². The van der Waals surface area contributed by atoms with Gasteiger partial charge in [0.2, 0.25) is 0 Å². The fourth-order valence-corrected chi connectivity index (χ4v) is 1.23. The van der Waals surface area contributed by atoms with E-state index < -0.39 is 12.1 Å². The molecule has 0 aromatic heterocycles. The van der Waals surface area contributed by atoms with Crippen molar-refractivity contribution in [1.82, 2.24) is 0 Å². The molecule has 14 heavy (non-hydrogen) atoms. The van der Waals surface area contributed by atoms with Gasteiger partial charge in [0.15, 0.2) is 6.10 Å². The van der Waals surface area contributed by atoms with E-state index in [1.165, 1.54) is 0 Å². The number of aliphatic hydroxyl groups is 1. The number of aliphatic hydroxyl groups excluding tert-OH is 1. The van der Waals surface area contributed by atoms with Crippen LogP contribution in [0.15, 0.2) is 24.3 Å². The molecule has 0 saturated heterocycles. The van der Waals surface area contributed by atoms with Crippen LogP contribution < -0.4 is 5.73 Å². The molecular formula is C10H11ClN2O. The van der Waals surface area contributed by atoms with E-state index in [-0.39, 0.29) is 0 Å². The summed E-state index contributed by atoms with van der Waals surface area (Å²) in [7, 11) is 0. The SMILES string of the molecule is N#CC(O)C(N)Cc1ccc(Cl)cc1. The molecule has 74 valence electrons. The minimum Gasteiger partial charge on any atom is -0.376 e. The first-order valence-corrected chi connectivity index (χ1v) is 4.59. The van der Waals surface area contributed by atoms with Crippen LogP contribution in [-0.2, 0) is 6.42 Å². The van der Waals surface area contributed by atoms with E-state index in [2.05, 4.69) is 0 Å². The molecule has 1 aromatic rings. The van der Waals surface area contributed by atoms with E-state index in [0.29, 0.717) is 11.4 Å². The molecule has 0 aliphatic carbocycles. The van der Waals surface area contributed by atoms with E-state index in [4.69, 9.17) is 27.7 Å². The van der Waals surface area contributed by atoms with Gasteiger partial charge >= 0.3 is 0 Å². The summed E-state index contributed by atoms with van der Waals surface area (Å²) in [6.45, 7) is 0. The van der Waals surface area contributed by atoms with Gasteiger partial charge in [0.25, 0.3) is 0 Å². The van der Waals surface area contributed by atoms with Crippen molar-refractivity contribution in [3.8, 4) is 6.07 Å². The first kappa shape index (κ1) is 11.0. The van der Waals surface area contributed by atoms with Crippen LogP contribution in [0.1, 0.15) is 5.56 Å². The highest BCUT2D eigenvalue weighted by molar-refractivity contribution is 6.30. The molecule has 0 radical (unpaired) electrons. The molecular weight excluding hydrogens is 200 g/mol. The van der Waals surface area contributed by atoms with Crippen molar-refractivity contribution in [2.75, 3.05) is 0 Å². The van der Waals surface area contributed by atoms with Gasteiger partial charge in [-0.15, -0.1) is 0 Å². The van der Waals surface area contributed by atoms with Crippen LogP contribution in [0.3, 0.4) is 0 Å². The fourth-order valence-electron chi connectivity index (χ4n) is 1.10. The average Bonchev–Trinajstić information content (AvgIpc) is 2.20. The summed E-state index contributed by atoms with van der Waals surface area (Å²) in [5.41, 5.74) is 6.55. The standard InChI is InChI=1S/C10H11ClN2O/c11-8-3-1-7(2-4-8)5-9(13)10(14)6-12/h1-4,9-10,14H,5,13H2. The largest absolute Gasteiger partial charge is 0.376 e. The van der Waals surface area contributed by atoms with Crippen molar-refractivity contribution in [1.29, 1.82) is 5.26 Å². The number of halogens is 1. The quantitative estimate of drug-likeness (QED) is 0.734. The second kappa shape index (κ2) is 4.97. The van der Waals surface area contributed by atoms with Crippen LogP contribution in [-0.4, -0.2) is 17.3 Å². The van der Waals surface area contributed by atoms with Crippen LogP contribution in [0.25, 0.3) is 0 Å². The fraction of sp³-hybridized carbons (Fsp3) is 0.300. The molecule has 0 fully saturated rings. The Morgan fingerprint density at radius 2 is 2.00 bits per heavy atom. The molecule has 0 bridgehead atoms. The minimum absolute atomic E-state index is 0.464. The molecule has 4 heteroatoms. The van der Waals surface area contributed by atoms with Crippen LogP contribution in [0, 0.1) is 11.3 Å². The van der Waals surface area contributed by atoms with Crippen LogP contribution in [0.4, 0.5) is 0 Å². The van der Waals surface area contributed by atoms with Gasteiger partial charge in [0, 0.05) is 11.1 Å². The highest BCUT2D eigenvalue weighted by Crippen LogP contribution is 2.11. The van der Waals surface area contributed by atoms with E-state index >= 15 is 0 Å². The molecule has 3 nitrogen and oxygen atoms in total. The molecule has 3 N–H and O–H groups in total. The van der Waals surface area contributed by atoms with Crippen molar-refractivity contribution < 1.29 is 5.11 Å². The summed E-state index contributed by atoms with van der Waals surface area (Å²) in [5, 5.41) is 18.2. The molecule has 0 spiro atoms. The normalized spacial score (nSPS) is 14.4. The first-order chi connectivity index (χ1) is 6.63. The maximum absolute atomic E-state index is 9.13. The van der Waals surface area contributed by atoms with Crippen molar-refractivity contribution >= 4 is 11.6 Å². The number of nitriles is 1. The predicted octanol–water partition coefficient (Wildman–Crippen LogP) is 1.09. The highest BCUT2D eigenvalue weighted by Gasteiger charge is 2.13. The topological polar surface area (TPSA) is 70.0 Å². The third-order valence-corrected chi connectivity index (χ3v) is 2.17. The Morgan fingerprint density at radius 1 is 1.43 bits per heavy atom. The lowest BCUT2D eigenvalue weighted by Crippen LogP contribution is -2.35. The second-order valence-corrected chi connectivity index (χ2v) is 3.50. The monoisotopic (exact) mass is 210 g/mol. The van der Waals surface area contributed by atoms with Gasteiger partial charge in [-0.1, -0.05) is 23.7 Å². The molecule has 1 aromatic carbocycles. The van der Waals surface area contributed by atoms with Gasteiger partial charge in [-0.25, -0.2) is 0 Å². The maximum Gasteiger partial charge on any atom is 0.155 e. The number of benzene rings is 1. The van der Waals surface area contributed by atoms with Crippen LogP contribution >= 0.6 is 11.6 Å². The van der Waals surface area contributed by atoms with E-state index in [1.807, 2.05) is 12.1 Å². The van der Waals surface area contributed by atoms with Crippen LogP contribution in [0.5, 0.6) is 0 Å². The van der Waals surface area contributed by atoms with E-state index in [9.17, 15) is 0 Å². The van der Waals surface area contributed by atoms with Crippen molar-refractivity contribution in [2.24, 2.45) is 5.73 Å². The average molecular weight is 211 g/mol. The molecule has 0 heterocycles. The summed E-state index contributed by atoms with van der Waals surface area (Å²) in [4.78, 5) is 0. The Hall–Kier alpha value is -1.08. The Morgan fingerprint density at radius 3 is 2.50 bits per heavy atom. The zero-order chi connectivity index (χ0) is 10.6. The van der Waals surface area contributed by atoms with E-state index in [1.54, 1.807) is 18.2 Å². The van der Waals surface area contributed by atoms with Crippen molar-refractivity contribution in [3.05, 3.63) is 34.9 Å². The third kappa shape index (κ3) is 3.00. The summed E-state index contributed by atoms with van der Waals surface area (Å²) in [5.74, 6) is 0. The summed E-state index contributed by atoms with van der Waals surface area (Å²) in [6.07, 6.45) is -0.656. The van der Waals surface area contributed by atoms with E-state index in [0.717, 1.165) is 5.56 Å². The lowest BCUT2D eigenvalue weighted by Gasteiger charge is -2.12. The van der Waals surface area contributed by atoms with Gasteiger partial charge in [-0.2, -0.15) is 5.26 Å². The zero-order valence-electron chi connectivity index (χ0n) is 7.52. The van der Waals surface area contributed by atoms with Gasteiger partial charge in [0.1, 0.15) is 0 Å². The zero-order valence-corrected chi connectivity index (χ0v) is 8.28. The maximum atomic E-state index is 9.13. The number of nitrogens with zero attached hydrogens (tertiary/aromatic N) is 1. The molecule has 0 aliphatic rings. The summed E-state index contributed by atoms with van der Waals surface area (Å²) in [6, 6.07) is 8.30. The molecule has 0 saturated carbocycles. The smallest absolute Gasteiger partial charge is 0.155 e. The molecule has 1 rings (SSSR count). The van der Waals surface area contributed by atoms with Gasteiger partial charge < -0.3 is 10.8 Å². The first-order valence-electron chi connectivity index (χ1n) is 4.21. The molecule has 2 atom stereocenters. The number of nitrogens with two attached hydrogens (primary N) is 1. The van der Waals surface area contributed by atoms with Gasteiger partial charge in [-0.05, 0) is 24.1 Å². The number of hydrogen-bond donors (Lipinski definition) is 2. The molecule has 0 amide bonds. The van der Waals surface area contributed by atoms with Crippen molar-refractivity contribution in [2.45, 2.75) is 18.6 Å². The second-order valence-electron chi connectivity index (χ2n) is 3.07. The number of rotatable bonds is 3. The highest BCUT2D eigenvalue weighted by atomic mass is 35.5. The minimum atomic E-state index is -1.12. The lowest BCUT2D eigenvalue weighted by atomic mass is 10.0. The Bertz CT molecular complexity index is 331. The van der Waals surface area contributed by atoms with Gasteiger partial charge in [0.05, 0.1) is 6.07 Å². The predicted molar refractivity (Wildman–Crippen MR) is 54.8 cm³/mol. The Balaban J connectivity index is 2.61. The molecule has 2 unspecified atom stereocenters. The van der Waals surface area contributed by atoms with Crippen LogP contribution in [0.2, 0.25) is 5.02 Å². The Labute approximate surface area is 87.7 Å². The third-order valence-electron chi connectivity index (χ3n) is 1.92. The van der Waals surface area contributed by atoms with Gasteiger partial charge in [-0.3, -0.25) is 0 Å². The number of hydrogen-bond acceptors (Lipinski definition) is 3. The lowest BCUT2D eigenvalue weighted by molar-refractivity contribution is 0.197.